The maximum atomic E-state index is 12.2. The van der Waals surface area contributed by atoms with E-state index < -0.39 is 13.9 Å². The van der Waals surface area contributed by atoms with Crippen molar-refractivity contribution in [1.29, 1.82) is 0 Å². The van der Waals surface area contributed by atoms with Gasteiger partial charge in [-0.05, 0) is 53.6 Å². The number of thioether (sulfide) groups is 1. The summed E-state index contributed by atoms with van der Waals surface area (Å²) in [5, 5.41) is 12.2. The summed E-state index contributed by atoms with van der Waals surface area (Å²) in [4.78, 5) is 2.15. The van der Waals surface area contributed by atoms with Gasteiger partial charge in [0, 0.05) is 30.4 Å². The average Bonchev–Trinajstić information content (AvgIpc) is 2.80. The summed E-state index contributed by atoms with van der Waals surface area (Å²) in [6.07, 6.45) is 6.42. The molecule has 1 aromatic carbocycles. The van der Waals surface area contributed by atoms with E-state index in [1.165, 1.54) is 0 Å². The molecule has 0 saturated heterocycles. The normalized spacial score (nSPS) is 22.4. The van der Waals surface area contributed by atoms with Crippen LogP contribution in [0.15, 0.2) is 46.2 Å². The van der Waals surface area contributed by atoms with Gasteiger partial charge in [-0.25, -0.2) is 0 Å². The van der Waals surface area contributed by atoms with Crippen molar-refractivity contribution >= 4 is 20.1 Å². The van der Waals surface area contributed by atoms with Gasteiger partial charge in [0.25, 0.3) is 0 Å². The lowest BCUT2D eigenvalue weighted by molar-refractivity contribution is -0.134. The Hall–Kier alpha value is -0.633. The number of aliphatic hydroxyl groups is 1. The fraction of sp³-hybridized carbons (Fsp3) is 0.714. The molecule has 2 rings (SSSR count). The molecule has 1 N–H and O–H groups in total. The molecule has 0 heterocycles. The molecule has 0 amide bonds. The summed E-state index contributed by atoms with van der Waals surface area (Å²) in [6, 6.07) is 10.4. The summed E-state index contributed by atoms with van der Waals surface area (Å²) in [5.74, 6) is 0.0795. The van der Waals surface area contributed by atoms with E-state index in [1.54, 1.807) is 26.0 Å². The zero-order valence-electron chi connectivity index (χ0n) is 22.7. The van der Waals surface area contributed by atoms with E-state index in [1.807, 2.05) is 6.07 Å². The van der Waals surface area contributed by atoms with Crippen LogP contribution in [0.25, 0.3) is 0 Å². The fourth-order valence-electron chi connectivity index (χ4n) is 6.07. The van der Waals surface area contributed by atoms with Gasteiger partial charge in [0.15, 0.2) is 6.29 Å². The van der Waals surface area contributed by atoms with Crippen LogP contribution in [0.5, 0.6) is 0 Å². The number of hydrogen-bond donors (Lipinski definition) is 1. The minimum Gasteiger partial charge on any atom is -0.412 e. The van der Waals surface area contributed by atoms with Gasteiger partial charge in [0.05, 0.1) is 12.2 Å². The van der Waals surface area contributed by atoms with Gasteiger partial charge in [-0.3, -0.25) is 0 Å². The highest BCUT2D eigenvalue weighted by atomic mass is 32.2. The summed E-state index contributed by atoms with van der Waals surface area (Å²) in [6.45, 7) is 14.4. The summed E-state index contributed by atoms with van der Waals surface area (Å²) in [5.41, 5.74) is 0.678. The van der Waals surface area contributed by atoms with Crippen molar-refractivity contribution in [3.63, 3.8) is 0 Å². The Balaban J connectivity index is 2.40. The molecule has 34 heavy (non-hydrogen) atoms. The quantitative estimate of drug-likeness (QED) is 0.167. The first-order valence-corrected chi connectivity index (χ1v) is 15.9. The molecule has 2 atom stereocenters. The summed E-state index contributed by atoms with van der Waals surface area (Å²) < 4.78 is 17.9. The third kappa shape index (κ3) is 6.98. The van der Waals surface area contributed by atoms with E-state index in [2.05, 4.69) is 71.9 Å². The number of hydrogen-bond acceptors (Lipinski definition) is 5. The van der Waals surface area contributed by atoms with Gasteiger partial charge in [0.2, 0.25) is 8.32 Å². The second kappa shape index (κ2) is 13.6. The second-order valence-corrected chi connectivity index (χ2v) is 17.2. The minimum absolute atomic E-state index is 0.0795. The summed E-state index contributed by atoms with van der Waals surface area (Å²) >= 11 is 1.68. The highest BCUT2D eigenvalue weighted by Crippen LogP contribution is 2.48. The van der Waals surface area contributed by atoms with Crippen LogP contribution in [-0.4, -0.2) is 46.1 Å². The Morgan fingerprint density at radius 2 is 1.62 bits per heavy atom. The van der Waals surface area contributed by atoms with Gasteiger partial charge < -0.3 is 19.0 Å². The predicted octanol–water partition coefficient (Wildman–Crippen LogP) is 7.79. The zero-order chi connectivity index (χ0) is 25.4. The topological polar surface area (TPSA) is 47.9 Å². The molecule has 0 radical (unpaired) electrons. The zero-order valence-corrected chi connectivity index (χ0v) is 24.5. The third-order valence-corrected chi connectivity index (χ3v) is 15.1. The molecular formula is C28H48O4SSi. The van der Waals surface area contributed by atoms with Crippen molar-refractivity contribution in [3.05, 3.63) is 41.3 Å². The second-order valence-electron chi connectivity index (χ2n) is 10.6. The average molecular weight is 509 g/mol. The molecule has 6 heteroatoms. The first kappa shape index (κ1) is 29.6. The monoisotopic (exact) mass is 508 g/mol. The standard InChI is InChI=1S/C28H48O4SSi/c1-21(2)34(22(3)4,23(5)6)32-19-17-26(33-25-15-10-9-11-16-25)28(29)18-13-12-14-24(28)20-27(30-7)31-8/h9-11,15-17,21-24,27,29H,12-14,18-20H2,1-8H3/b26-17+. The van der Waals surface area contributed by atoms with E-state index in [-0.39, 0.29) is 12.2 Å². The molecular weight excluding hydrogens is 460 g/mol. The van der Waals surface area contributed by atoms with Crippen molar-refractivity contribution in [2.75, 3.05) is 20.8 Å². The molecule has 0 aliphatic heterocycles. The van der Waals surface area contributed by atoms with Crippen LogP contribution in [0.3, 0.4) is 0 Å². The van der Waals surface area contributed by atoms with Crippen LogP contribution in [0, 0.1) is 5.92 Å². The van der Waals surface area contributed by atoms with Crippen LogP contribution in [0.2, 0.25) is 16.6 Å². The summed E-state index contributed by atoms with van der Waals surface area (Å²) in [7, 11) is 1.36. The molecule has 1 aliphatic rings. The Morgan fingerprint density at radius 1 is 1.03 bits per heavy atom. The molecule has 0 aromatic heterocycles. The fourth-order valence-corrected chi connectivity index (χ4v) is 12.6. The SMILES string of the molecule is COC(CC1CCCCC1(O)/C(=C\CO[Si](C(C)C)(C(C)C)C(C)C)Sc1ccccc1)OC. The maximum absolute atomic E-state index is 12.2. The van der Waals surface area contributed by atoms with Gasteiger partial charge in [-0.2, -0.15) is 0 Å². The molecule has 0 bridgehead atoms. The van der Waals surface area contributed by atoms with Gasteiger partial charge in [-0.15, -0.1) is 0 Å². The first-order valence-electron chi connectivity index (χ1n) is 13.0. The van der Waals surface area contributed by atoms with Crippen molar-refractivity contribution in [2.45, 2.75) is 107 Å². The lowest BCUT2D eigenvalue weighted by Gasteiger charge is -2.43. The molecule has 1 fully saturated rings. The molecule has 1 aliphatic carbocycles. The Morgan fingerprint density at radius 3 is 2.15 bits per heavy atom. The van der Waals surface area contributed by atoms with E-state index in [0.717, 1.165) is 35.5 Å². The lowest BCUT2D eigenvalue weighted by atomic mass is 9.73. The van der Waals surface area contributed by atoms with Crippen LogP contribution < -0.4 is 0 Å². The van der Waals surface area contributed by atoms with E-state index >= 15 is 0 Å². The molecule has 1 saturated carbocycles. The molecule has 194 valence electrons. The Labute approximate surface area is 214 Å². The van der Waals surface area contributed by atoms with E-state index in [0.29, 0.717) is 29.7 Å². The highest BCUT2D eigenvalue weighted by Gasteiger charge is 2.46. The van der Waals surface area contributed by atoms with Crippen molar-refractivity contribution in [1.82, 2.24) is 0 Å². The highest BCUT2D eigenvalue weighted by molar-refractivity contribution is 8.03. The van der Waals surface area contributed by atoms with Crippen LogP contribution in [-0.2, 0) is 13.9 Å². The minimum atomic E-state index is -1.99. The molecule has 1 aromatic rings. The largest absolute Gasteiger partial charge is 0.412 e. The Bertz CT molecular complexity index is 726. The van der Waals surface area contributed by atoms with Crippen LogP contribution in [0.4, 0.5) is 0 Å². The number of ether oxygens (including phenoxy) is 2. The van der Waals surface area contributed by atoms with Crippen molar-refractivity contribution in [3.8, 4) is 0 Å². The van der Waals surface area contributed by atoms with Crippen LogP contribution in [0.1, 0.15) is 73.6 Å². The predicted molar refractivity (Wildman–Crippen MR) is 147 cm³/mol. The molecule has 0 spiro atoms. The van der Waals surface area contributed by atoms with E-state index in [9.17, 15) is 5.11 Å². The lowest BCUT2D eigenvalue weighted by Crippen LogP contribution is -2.48. The third-order valence-electron chi connectivity index (χ3n) is 7.75. The number of methoxy groups -OCH3 is 2. The van der Waals surface area contributed by atoms with Crippen LogP contribution >= 0.6 is 11.8 Å². The van der Waals surface area contributed by atoms with Gasteiger partial charge in [0.1, 0.15) is 0 Å². The molecule has 4 nitrogen and oxygen atoms in total. The number of rotatable bonds is 13. The Kier molecular flexibility index (Phi) is 11.8. The van der Waals surface area contributed by atoms with Crippen molar-refractivity contribution < 1.29 is 19.0 Å². The van der Waals surface area contributed by atoms with Crippen molar-refractivity contribution in [2.24, 2.45) is 5.92 Å². The van der Waals surface area contributed by atoms with Gasteiger partial charge >= 0.3 is 0 Å². The molecule has 2 unspecified atom stereocenters. The maximum Gasteiger partial charge on any atom is 0.200 e. The smallest absolute Gasteiger partial charge is 0.200 e. The van der Waals surface area contributed by atoms with Gasteiger partial charge in [-0.1, -0.05) is 84.3 Å². The number of benzene rings is 1. The van der Waals surface area contributed by atoms with E-state index in [4.69, 9.17) is 13.9 Å². The first-order chi connectivity index (χ1) is 16.1.